The monoisotopic (exact) mass is 373 g/mol. The third-order valence-corrected chi connectivity index (χ3v) is 5.36. The topological polar surface area (TPSA) is 76.7 Å². The standard InChI is InChI=1S/C21H19N5S/c1-13-8-9-14(2)16(11-13)26-20-18(22)21(25-12-24-20)27-17-7-3-5-15-6-4-10-23-19(15)17/h3-12H,22H2,1-2H3,(H,24,25,26). The lowest BCUT2D eigenvalue weighted by Gasteiger charge is -2.13. The Balaban J connectivity index is 1.69. The summed E-state index contributed by atoms with van der Waals surface area (Å²) in [5.74, 6) is 0.606. The minimum absolute atomic E-state index is 0.524. The summed E-state index contributed by atoms with van der Waals surface area (Å²) in [7, 11) is 0. The summed E-state index contributed by atoms with van der Waals surface area (Å²) in [6.45, 7) is 4.11. The number of rotatable bonds is 4. The van der Waals surface area contributed by atoms with Gasteiger partial charge in [-0.1, -0.05) is 42.1 Å². The molecule has 0 atom stereocenters. The molecule has 3 N–H and O–H groups in total. The summed E-state index contributed by atoms with van der Waals surface area (Å²) in [5, 5.41) is 5.13. The van der Waals surface area contributed by atoms with E-state index in [1.807, 2.05) is 30.3 Å². The molecule has 0 radical (unpaired) electrons. The van der Waals surface area contributed by atoms with Crippen molar-refractivity contribution < 1.29 is 0 Å². The van der Waals surface area contributed by atoms with Crippen molar-refractivity contribution in [1.29, 1.82) is 0 Å². The van der Waals surface area contributed by atoms with E-state index in [0.717, 1.165) is 27.0 Å². The van der Waals surface area contributed by atoms with Gasteiger partial charge in [0.2, 0.25) is 0 Å². The Morgan fingerprint density at radius 2 is 1.81 bits per heavy atom. The summed E-state index contributed by atoms with van der Waals surface area (Å²) in [4.78, 5) is 14.2. The molecule has 0 fully saturated rings. The lowest BCUT2D eigenvalue weighted by atomic mass is 10.1. The maximum Gasteiger partial charge on any atom is 0.158 e. The molecule has 0 amide bonds. The first-order valence-corrected chi connectivity index (χ1v) is 9.40. The molecule has 0 aliphatic rings. The van der Waals surface area contributed by atoms with Gasteiger partial charge in [-0.3, -0.25) is 4.98 Å². The van der Waals surface area contributed by atoms with Gasteiger partial charge < -0.3 is 11.1 Å². The van der Waals surface area contributed by atoms with Crippen molar-refractivity contribution in [3.8, 4) is 0 Å². The van der Waals surface area contributed by atoms with Crippen molar-refractivity contribution >= 4 is 39.9 Å². The first-order valence-electron chi connectivity index (χ1n) is 8.58. The number of nitrogen functional groups attached to an aromatic ring is 1. The highest BCUT2D eigenvalue weighted by Crippen LogP contribution is 2.37. The molecule has 2 aromatic heterocycles. The summed E-state index contributed by atoms with van der Waals surface area (Å²) in [6.07, 6.45) is 3.33. The Hall–Kier alpha value is -3.12. The van der Waals surface area contributed by atoms with Crippen molar-refractivity contribution in [2.45, 2.75) is 23.8 Å². The zero-order valence-corrected chi connectivity index (χ0v) is 15.9. The Morgan fingerprint density at radius 3 is 2.70 bits per heavy atom. The van der Waals surface area contributed by atoms with Gasteiger partial charge in [-0.15, -0.1) is 0 Å². The Kier molecular flexibility index (Phi) is 4.64. The molecule has 0 bridgehead atoms. The van der Waals surface area contributed by atoms with Gasteiger partial charge in [-0.25, -0.2) is 9.97 Å². The fraction of sp³-hybridized carbons (Fsp3) is 0.0952. The minimum Gasteiger partial charge on any atom is -0.394 e. The largest absolute Gasteiger partial charge is 0.394 e. The number of fused-ring (bicyclic) bond motifs is 1. The number of nitrogens with two attached hydrogens (primary N) is 1. The quantitative estimate of drug-likeness (QED) is 0.484. The third-order valence-electron chi connectivity index (χ3n) is 4.30. The van der Waals surface area contributed by atoms with E-state index in [0.29, 0.717) is 16.5 Å². The van der Waals surface area contributed by atoms with Crippen LogP contribution in [0.15, 0.2) is 71.0 Å². The van der Waals surface area contributed by atoms with Gasteiger partial charge in [0, 0.05) is 22.2 Å². The summed E-state index contributed by atoms with van der Waals surface area (Å²) in [5.41, 5.74) is 11.1. The van der Waals surface area contributed by atoms with Crippen LogP contribution >= 0.6 is 11.8 Å². The lowest BCUT2D eigenvalue weighted by molar-refractivity contribution is 1.06. The highest BCUT2D eigenvalue weighted by Gasteiger charge is 2.13. The van der Waals surface area contributed by atoms with Gasteiger partial charge in [-0.05, 0) is 43.2 Å². The highest BCUT2D eigenvalue weighted by atomic mass is 32.2. The van der Waals surface area contributed by atoms with Crippen molar-refractivity contribution in [3.05, 3.63) is 72.2 Å². The first-order chi connectivity index (χ1) is 13.1. The normalized spacial score (nSPS) is 10.9. The average molecular weight is 373 g/mol. The SMILES string of the molecule is Cc1ccc(C)c(Nc2ncnc(Sc3cccc4cccnc34)c2N)c1. The van der Waals surface area contributed by atoms with E-state index < -0.39 is 0 Å². The van der Waals surface area contributed by atoms with Crippen LogP contribution < -0.4 is 11.1 Å². The van der Waals surface area contributed by atoms with Crippen LogP contribution in [0.1, 0.15) is 11.1 Å². The Morgan fingerprint density at radius 1 is 0.963 bits per heavy atom. The van der Waals surface area contributed by atoms with Crippen molar-refractivity contribution in [1.82, 2.24) is 15.0 Å². The molecule has 6 heteroatoms. The second-order valence-corrected chi connectivity index (χ2v) is 7.35. The second kappa shape index (κ2) is 7.25. The van der Waals surface area contributed by atoms with E-state index in [4.69, 9.17) is 5.73 Å². The van der Waals surface area contributed by atoms with E-state index in [-0.39, 0.29) is 0 Å². The molecule has 2 aromatic carbocycles. The first kappa shape index (κ1) is 17.3. The third kappa shape index (κ3) is 3.57. The molecule has 27 heavy (non-hydrogen) atoms. The smallest absolute Gasteiger partial charge is 0.158 e. The van der Waals surface area contributed by atoms with Gasteiger partial charge in [-0.2, -0.15) is 0 Å². The molecular weight excluding hydrogens is 354 g/mol. The molecule has 5 nitrogen and oxygen atoms in total. The summed E-state index contributed by atoms with van der Waals surface area (Å²) >= 11 is 1.50. The van der Waals surface area contributed by atoms with E-state index in [1.54, 1.807) is 6.20 Å². The number of pyridine rings is 1. The zero-order chi connectivity index (χ0) is 18.8. The van der Waals surface area contributed by atoms with E-state index >= 15 is 0 Å². The number of nitrogens with one attached hydrogen (secondary N) is 1. The molecule has 2 heterocycles. The summed E-state index contributed by atoms with van der Waals surface area (Å²) < 4.78 is 0. The van der Waals surface area contributed by atoms with E-state index in [1.165, 1.54) is 23.7 Å². The number of para-hydroxylation sites is 1. The van der Waals surface area contributed by atoms with Crippen molar-refractivity contribution in [2.75, 3.05) is 11.1 Å². The number of benzene rings is 2. The van der Waals surface area contributed by atoms with Crippen LogP contribution in [0.2, 0.25) is 0 Å². The molecule has 0 aliphatic carbocycles. The molecule has 134 valence electrons. The van der Waals surface area contributed by atoms with Gasteiger partial charge in [0.1, 0.15) is 17.0 Å². The number of aromatic nitrogens is 3. The van der Waals surface area contributed by atoms with Gasteiger partial charge in [0.05, 0.1) is 5.52 Å². The van der Waals surface area contributed by atoms with Crippen molar-refractivity contribution in [3.63, 3.8) is 0 Å². The zero-order valence-electron chi connectivity index (χ0n) is 15.1. The maximum absolute atomic E-state index is 6.38. The number of aryl methyl sites for hydroxylation is 2. The molecule has 4 aromatic rings. The Bertz CT molecular complexity index is 1120. The number of nitrogens with zero attached hydrogens (tertiary/aromatic N) is 3. The van der Waals surface area contributed by atoms with Crippen LogP contribution in [0.5, 0.6) is 0 Å². The molecule has 0 saturated heterocycles. The Labute approximate surface area is 162 Å². The second-order valence-electron chi connectivity index (χ2n) is 6.32. The summed E-state index contributed by atoms with van der Waals surface area (Å²) in [6, 6.07) is 16.3. The number of anilines is 3. The molecule has 4 rings (SSSR count). The van der Waals surface area contributed by atoms with Gasteiger partial charge in [0.15, 0.2) is 5.82 Å². The predicted octanol–water partition coefficient (Wildman–Crippen LogP) is 5.12. The highest BCUT2D eigenvalue weighted by molar-refractivity contribution is 7.99. The van der Waals surface area contributed by atoms with Crippen LogP contribution in [0.25, 0.3) is 10.9 Å². The van der Waals surface area contributed by atoms with Crippen molar-refractivity contribution in [2.24, 2.45) is 0 Å². The number of hydrogen-bond acceptors (Lipinski definition) is 6. The van der Waals surface area contributed by atoms with Crippen LogP contribution in [0.3, 0.4) is 0 Å². The lowest BCUT2D eigenvalue weighted by Crippen LogP contribution is -2.03. The molecule has 0 unspecified atom stereocenters. The van der Waals surface area contributed by atoms with Crippen LogP contribution in [0.4, 0.5) is 17.2 Å². The fourth-order valence-corrected chi connectivity index (χ4v) is 3.75. The van der Waals surface area contributed by atoms with Crippen LogP contribution in [-0.2, 0) is 0 Å². The van der Waals surface area contributed by atoms with Crippen LogP contribution in [-0.4, -0.2) is 15.0 Å². The van der Waals surface area contributed by atoms with Gasteiger partial charge >= 0.3 is 0 Å². The molecule has 0 saturated carbocycles. The molecule has 0 aliphatic heterocycles. The fourth-order valence-electron chi connectivity index (χ4n) is 2.82. The number of hydrogen-bond donors (Lipinski definition) is 2. The minimum atomic E-state index is 0.524. The molecular formula is C21H19N5S. The van der Waals surface area contributed by atoms with Gasteiger partial charge in [0.25, 0.3) is 0 Å². The van der Waals surface area contributed by atoms with E-state index in [2.05, 4.69) is 52.3 Å². The van der Waals surface area contributed by atoms with Crippen LogP contribution in [0, 0.1) is 13.8 Å². The maximum atomic E-state index is 6.38. The van der Waals surface area contributed by atoms with E-state index in [9.17, 15) is 0 Å². The predicted molar refractivity (Wildman–Crippen MR) is 112 cm³/mol. The molecule has 0 spiro atoms. The average Bonchev–Trinajstić information content (AvgIpc) is 2.68.